The minimum atomic E-state index is -0.672. The maximum Gasteiger partial charge on any atom is 0.337 e. The molecule has 0 radical (unpaired) electrons. The molecule has 2 aromatic carbocycles. The van der Waals surface area contributed by atoms with Crippen LogP contribution in [0, 0.1) is 5.92 Å². The Hall–Kier alpha value is -2.92. The van der Waals surface area contributed by atoms with Crippen molar-refractivity contribution in [3.05, 3.63) is 83.1 Å². The molecular formula is C22H22O5. The number of allylic oxidation sites excluding steroid dienone is 1. The van der Waals surface area contributed by atoms with Gasteiger partial charge in [-0.15, -0.1) is 0 Å². The number of ketones is 1. The van der Waals surface area contributed by atoms with Gasteiger partial charge in [-0.3, -0.25) is 4.79 Å². The zero-order valence-corrected chi connectivity index (χ0v) is 15.4. The zero-order chi connectivity index (χ0) is 19.2. The summed E-state index contributed by atoms with van der Waals surface area (Å²) in [5.41, 5.74) is 1.80. The summed E-state index contributed by atoms with van der Waals surface area (Å²) in [7, 11) is 2.82. The molecule has 0 saturated heterocycles. The van der Waals surface area contributed by atoms with Gasteiger partial charge in [0.05, 0.1) is 18.6 Å². The molecule has 0 heterocycles. The van der Waals surface area contributed by atoms with Gasteiger partial charge in [0.15, 0.2) is 12.6 Å². The fourth-order valence-electron chi connectivity index (χ4n) is 3.53. The van der Waals surface area contributed by atoms with Crippen LogP contribution < -0.4 is 0 Å². The molecule has 0 amide bonds. The molecule has 0 aromatic heterocycles. The Morgan fingerprint density at radius 3 is 2.19 bits per heavy atom. The molecule has 3 rings (SSSR count). The fraction of sp³-hybridized carbons (Fsp3) is 0.273. The van der Waals surface area contributed by atoms with Crippen LogP contribution >= 0.6 is 0 Å². The van der Waals surface area contributed by atoms with E-state index in [0.29, 0.717) is 17.7 Å². The molecular weight excluding hydrogens is 344 g/mol. The molecule has 0 fully saturated rings. The Labute approximate surface area is 158 Å². The van der Waals surface area contributed by atoms with E-state index in [-0.39, 0.29) is 24.1 Å². The van der Waals surface area contributed by atoms with Crippen LogP contribution in [0.15, 0.2) is 72.0 Å². The highest BCUT2D eigenvalue weighted by Gasteiger charge is 2.45. The van der Waals surface area contributed by atoms with Gasteiger partial charge >= 0.3 is 5.97 Å². The van der Waals surface area contributed by atoms with Crippen LogP contribution in [0.5, 0.6) is 0 Å². The average Bonchev–Trinajstić information content (AvgIpc) is 3.11. The minimum absolute atomic E-state index is 0.00356. The highest BCUT2D eigenvalue weighted by molar-refractivity contribution is 6.07. The van der Waals surface area contributed by atoms with Crippen molar-refractivity contribution in [1.29, 1.82) is 0 Å². The number of hydrogen-bond acceptors (Lipinski definition) is 5. The van der Waals surface area contributed by atoms with E-state index >= 15 is 0 Å². The number of ether oxygens (including phenoxy) is 3. The first-order chi connectivity index (χ1) is 13.2. The Morgan fingerprint density at radius 1 is 0.963 bits per heavy atom. The van der Waals surface area contributed by atoms with Crippen molar-refractivity contribution in [2.75, 3.05) is 21.0 Å². The number of benzene rings is 2. The molecule has 2 atom stereocenters. The molecule has 27 heavy (non-hydrogen) atoms. The van der Waals surface area contributed by atoms with Crippen molar-refractivity contribution >= 4 is 11.8 Å². The zero-order valence-electron chi connectivity index (χ0n) is 15.4. The van der Waals surface area contributed by atoms with Crippen molar-refractivity contribution < 1.29 is 23.8 Å². The van der Waals surface area contributed by atoms with Gasteiger partial charge in [0, 0.05) is 25.0 Å². The van der Waals surface area contributed by atoms with E-state index in [9.17, 15) is 9.59 Å². The van der Waals surface area contributed by atoms with E-state index in [2.05, 4.69) is 0 Å². The van der Waals surface area contributed by atoms with Crippen molar-refractivity contribution in [3.63, 3.8) is 0 Å². The Morgan fingerprint density at radius 2 is 1.59 bits per heavy atom. The van der Waals surface area contributed by atoms with Crippen molar-refractivity contribution in [1.82, 2.24) is 0 Å². The van der Waals surface area contributed by atoms with Crippen molar-refractivity contribution in [3.8, 4) is 0 Å². The smallest absolute Gasteiger partial charge is 0.337 e. The molecule has 1 aliphatic rings. The molecule has 0 aliphatic heterocycles. The van der Waals surface area contributed by atoms with Crippen LogP contribution in [0.25, 0.3) is 0 Å². The maximum atomic E-state index is 13.4. The number of carbonyl (C=O) groups is 2. The van der Waals surface area contributed by atoms with E-state index in [1.54, 1.807) is 12.1 Å². The van der Waals surface area contributed by atoms with Crippen molar-refractivity contribution in [2.24, 2.45) is 5.92 Å². The lowest BCUT2D eigenvalue weighted by atomic mass is 9.80. The van der Waals surface area contributed by atoms with Crippen LogP contribution in [0.2, 0.25) is 0 Å². The summed E-state index contributed by atoms with van der Waals surface area (Å²) in [6.45, 7) is 0.00356. The molecule has 140 valence electrons. The Bertz CT molecular complexity index is 826. The van der Waals surface area contributed by atoms with Crippen LogP contribution in [0.1, 0.15) is 28.3 Å². The lowest BCUT2D eigenvalue weighted by Crippen LogP contribution is -2.25. The normalized spacial score (nSPS) is 19.0. The molecule has 0 saturated carbocycles. The predicted molar refractivity (Wildman–Crippen MR) is 100 cm³/mol. The lowest BCUT2D eigenvalue weighted by molar-refractivity contribution is -0.136. The maximum absolute atomic E-state index is 13.4. The van der Waals surface area contributed by atoms with Gasteiger partial charge in [0.25, 0.3) is 0 Å². The van der Waals surface area contributed by atoms with E-state index < -0.39 is 11.9 Å². The summed E-state index contributed by atoms with van der Waals surface area (Å²) in [4.78, 5) is 25.9. The van der Waals surface area contributed by atoms with Gasteiger partial charge in [-0.2, -0.15) is 0 Å². The third-order valence-electron chi connectivity index (χ3n) is 4.74. The van der Waals surface area contributed by atoms with Gasteiger partial charge < -0.3 is 14.2 Å². The molecule has 5 nitrogen and oxygen atoms in total. The molecule has 0 unspecified atom stereocenters. The topological polar surface area (TPSA) is 61.8 Å². The lowest BCUT2D eigenvalue weighted by Gasteiger charge is -2.21. The molecule has 1 aliphatic carbocycles. The second kappa shape index (κ2) is 8.64. The SMILES string of the molecule is COCOC1=C(C(=O)OC)[C@H](C(=O)c2ccccc2)[C@@H](c2ccccc2)C1. The summed E-state index contributed by atoms with van der Waals surface area (Å²) in [5.74, 6) is -1.10. The van der Waals surface area contributed by atoms with Crippen LogP contribution in [-0.2, 0) is 19.0 Å². The number of methoxy groups -OCH3 is 2. The number of carbonyl (C=O) groups excluding carboxylic acids is 2. The Balaban J connectivity index is 2.08. The van der Waals surface area contributed by atoms with Crippen LogP contribution in [-0.4, -0.2) is 32.8 Å². The Kier molecular flexibility index (Phi) is 6.04. The van der Waals surface area contributed by atoms with E-state index in [4.69, 9.17) is 14.2 Å². The van der Waals surface area contributed by atoms with E-state index in [0.717, 1.165) is 5.56 Å². The van der Waals surface area contributed by atoms with Gasteiger partial charge in [-0.25, -0.2) is 4.79 Å². The quantitative estimate of drug-likeness (QED) is 0.425. The first-order valence-electron chi connectivity index (χ1n) is 8.74. The molecule has 2 aromatic rings. The van der Waals surface area contributed by atoms with E-state index in [1.807, 2.05) is 48.5 Å². The van der Waals surface area contributed by atoms with Gasteiger partial charge in [-0.1, -0.05) is 60.7 Å². The summed E-state index contributed by atoms with van der Waals surface area (Å²) in [6, 6.07) is 18.7. The van der Waals surface area contributed by atoms with Gasteiger partial charge in [-0.05, 0) is 5.56 Å². The highest BCUT2D eigenvalue weighted by Crippen LogP contribution is 2.46. The van der Waals surface area contributed by atoms with Crippen LogP contribution in [0.3, 0.4) is 0 Å². The molecule has 0 spiro atoms. The third-order valence-corrected chi connectivity index (χ3v) is 4.74. The standard InChI is InChI=1S/C22H22O5/c1-25-14-27-18-13-17(15-9-5-3-6-10-15)19(20(18)22(24)26-2)21(23)16-11-7-4-8-12-16/h3-12,17,19H,13-14H2,1-2H3/t17-,19-/m1/s1. The first kappa shape index (κ1) is 18.9. The molecule has 0 bridgehead atoms. The van der Waals surface area contributed by atoms with E-state index in [1.165, 1.54) is 14.2 Å². The molecule has 0 N–H and O–H groups in total. The predicted octanol–water partition coefficient (Wildman–Crippen LogP) is 3.72. The number of esters is 1. The number of rotatable bonds is 7. The van der Waals surface area contributed by atoms with Gasteiger partial charge in [0.2, 0.25) is 0 Å². The monoisotopic (exact) mass is 366 g/mol. The number of Topliss-reactive ketones (excluding diaryl/α,β-unsaturated/α-hetero) is 1. The molecule has 5 heteroatoms. The second-order valence-electron chi connectivity index (χ2n) is 6.31. The summed E-state index contributed by atoms with van der Waals surface area (Å²) in [5, 5.41) is 0. The third kappa shape index (κ3) is 3.93. The highest BCUT2D eigenvalue weighted by atomic mass is 16.7. The first-order valence-corrected chi connectivity index (χ1v) is 8.74. The number of hydrogen-bond donors (Lipinski definition) is 0. The fourth-order valence-corrected chi connectivity index (χ4v) is 3.53. The second-order valence-corrected chi connectivity index (χ2v) is 6.31. The summed E-state index contributed by atoms with van der Waals surface area (Å²) >= 11 is 0. The van der Waals surface area contributed by atoms with Gasteiger partial charge in [0.1, 0.15) is 5.76 Å². The summed E-state index contributed by atoms with van der Waals surface area (Å²) < 4.78 is 15.6. The van der Waals surface area contributed by atoms with Crippen molar-refractivity contribution in [2.45, 2.75) is 12.3 Å². The summed E-state index contributed by atoms with van der Waals surface area (Å²) in [6.07, 6.45) is 0.432. The largest absolute Gasteiger partial charge is 0.471 e. The van der Waals surface area contributed by atoms with Crippen LogP contribution in [0.4, 0.5) is 0 Å². The average molecular weight is 366 g/mol. The minimum Gasteiger partial charge on any atom is -0.471 e.